The first-order chi connectivity index (χ1) is 11.7. The zero-order valence-electron chi connectivity index (χ0n) is 13.1. The minimum Gasteiger partial charge on any atom is -0.324 e. The average molecular weight is 424 g/mol. The molecule has 3 rings (SSSR count). The highest BCUT2D eigenvalue weighted by Crippen LogP contribution is 2.30. The summed E-state index contributed by atoms with van der Waals surface area (Å²) >= 11 is 3.33. The van der Waals surface area contributed by atoms with Crippen LogP contribution in [0.3, 0.4) is 0 Å². The molecule has 0 fully saturated rings. The van der Waals surface area contributed by atoms with Crippen molar-refractivity contribution in [3.8, 4) is 0 Å². The molecular formula is C16H14BrN3O4S. The molecule has 3 N–H and O–H groups in total. The molecule has 0 aromatic heterocycles. The first-order valence-electron chi connectivity index (χ1n) is 7.27. The Hall–Kier alpha value is -2.39. The number of hydrogen-bond acceptors (Lipinski definition) is 4. The molecule has 130 valence electrons. The maximum Gasteiger partial charge on any atom is 0.262 e. The summed E-state index contributed by atoms with van der Waals surface area (Å²) in [6.07, 6.45) is -0.314. The maximum atomic E-state index is 12.6. The molecule has 1 aliphatic rings. The lowest BCUT2D eigenvalue weighted by molar-refractivity contribution is -0.123. The number of anilines is 3. The van der Waals surface area contributed by atoms with Gasteiger partial charge in [0.25, 0.3) is 10.0 Å². The van der Waals surface area contributed by atoms with E-state index in [-0.39, 0.29) is 17.0 Å². The molecule has 2 aromatic rings. The summed E-state index contributed by atoms with van der Waals surface area (Å²) < 4.78 is 28.4. The molecule has 0 spiro atoms. The van der Waals surface area contributed by atoms with Gasteiger partial charge in [-0.15, -0.1) is 0 Å². The van der Waals surface area contributed by atoms with E-state index >= 15 is 0 Å². The number of carbonyl (C=O) groups is 2. The summed E-state index contributed by atoms with van der Waals surface area (Å²) in [4.78, 5) is 23.1. The Bertz CT molecular complexity index is 989. The third-order valence-electron chi connectivity index (χ3n) is 3.54. The molecule has 0 aliphatic carbocycles. The van der Waals surface area contributed by atoms with E-state index in [1.54, 1.807) is 18.2 Å². The highest BCUT2D eigenvalue weighted by Gasteiger charge is 2.22. The summed E-state index contributed by atoms with van der Waals surface area (Å²) in [5.41, 5.74) is 1.98. The Kier molecular flexibility index (Phi) is 4.53. The molecule has 25 heavy (non-hydrogen) atoms. The molecule has 1 aliphatic heterocycles. The minimum atomic E-state index is -3.87. The van der Waals surface area contributed by atoms with Gasteiger partial charge in [-0.2, -0.15) is 0 Å². The largest absolute Gasteiger partial charge is 0.324 e. The van der Waals surface area contributed by atoms with Crippen molar-refractivity contribution in [3.05, 3.63) is 46.4 Å². The van der Waals surface area contributed by atoms with Gasteiger partial charge in [0.05, 0.1) is 22.0 Å². The van der Waals surface area contributed by atoms with E-state index in [1.807, 2.05) is 6.92 Å². The summed E-state index contributed by atoms with van der Waals surface area (Å²) in [7, 11) is -3.87. The molecule has 0 radical (unpaired) electrons. The molecule has 2 amide bonds. The van der Waals surface area contributed by atoms with Gasteiger partial charge in [0, 0.05) is 4.47 Å². The summed E-state index contributed by atoms with van der Waals surface area (Å²) in [6, 6.07) is 9.35. The van der Waals surface area contributed by atoms with Gasteiger partial charge in [-0.05, 0) is 58.7 Å². The van der Waals surface area contributed by atoms with Crippen LogP contribution in [0.25, 0.3) is 0 Å². The fraction of sp³-hybridized carbons (Fsp3) is 0.125. The maximum absolute atomic E-state index is 12.6. The normalized spacial score (nSPS) is 14.2. The summed E-state index contributed by atoms with van der Waals surface area (Å²) in [5, 5.41) is 5.08. The standard InChI is InChI=1S/C16H14BrN3O4S/c1-9-2-4-12(11(17)6-9)20-25(23,24)10-3-5-13-14(7-10)19-16(22)8-15(21)18-13/h2-7,20H,8H2,1H3,(H,18,21)(H,19,22). The van der Waals surface area contributed by atoms with E-state index in [4.69, 9.17) is 0 Å². The Balaban J connectivity index is 1.95. The SMILES string of the molecule is Cc1ccc(NS(=O)(=O)c2ccc3c(c2)NC(=O)CC(=O)N3)c(Br)c1. The molecule has 0 bridgehead atoms. The number of halogens is 1. The fourth-order valence-corrected chi connectivity index (χ4v) is 4.17. The van der Waals surface area contributed by atoms with E-state index in [2.05, 4.69) is 31.3 Å². The van der Waals surface area contributed by atoms with Crippen LogP contribution in [0.2, 0.25) is 0 Å². The van der Waals surface area contributed by atoms with E-state index in [1.165, 1.54) is 18.2 Å². The van der Waals surface area contributed by atoms with E-state index in [0.29, 0.717) is 15.8 Å². The van der Waals surface area contributed by atoms with Crippen molar-refractivity contribution < 1.29 is 18.0 Å². The van der Waals surface area contributed by atoms with Crippen LogP contribution in [0.15, 0.2) is 45.8 Å². The number of sulfonamides is 1. The molecular weight excluding hydrogens is 410 g/mol. The average Bonchev–Trinajstić information content (AvgIpc) is 2.65. The van der Waals surface area contributed by atoms with Crippen LogP contribution in [0.4, 0.5) is 17.1 Å². The Morgan fingerprint density at radius 2 is 1.68 bits per heavy atom. The molecule has 2 aromatic carbocycles. The quantitative estimate of drug-likeness (QED) is 0.659. The van der Waals surface area contributed by atoms with Crippen LogP contribution in [0.1, 0.15) is 12.0 Å². The zero-order chi connectivity index (χ0) is 18.2. The second kappa shape index (κ2) is 6.49. The second-order valence-electron chi connectivity index (χ2n) is 5.57. The van der Waals surface area contributed by atoms with Crippen molar-refractivity contribution in [3.63, 3.8) is 0 Å². The molecule has 0 unspecified atom stereocenters. The number of hydrogen-bond donors (Lipinski definition) is 3. The van der Waals surface area contributed by atoms with Gasteiger partial charge >= 0.3 is 0 Å². The van der Waals surface area contributed by atoms with Crippen molar-refractivity contribution in [2.75, 3.05) is 15.4 Å². The fourth-order valence-electron chi connectivity index (χ4n) is 2.34. The number of benzene rings is 2. The van der Waals surface area contributed by atoms with Crippen LogP contribution < -0.4 is 15.4 Å². The molecule has 0 saturated heterocycles. The van der Waals surface area contributed by atoms with Crippen molar-refractivity contribution in [1.82, 2.24) is 0 Å². The van der Waals surface area contributed by atoms with Crippen molar-refractivity contribution in [2.45, 2.75) is 18.2 Å². The molecule has 1 heterocycles. The Labute approximate surface area is 153 Å². The van der Waals surface area contributed by atoms with Gasteiger partial charge in [-0.3, -0.25) is 14.3 Å². The van der Waals surface area contributed by atoms with Crippen molar-refractivity contribution in [1.29, 1.82) is 0 Å². The van der Waals surface area contributed by atoms with Gasteiger partial charge in [0.2, 0.25) is 11.8 Å². The van der Waals surface area contributed by atoms with E-state index in [0.717, 1.165) is 5.56 Å². The number of rotatable bonds is 3. The highest BCUT2D eigenvalue weighted by atomic mass is 79.9. The predicted molar refractivity (Wildman–Crippen MR) is 98.0 cm³/mol. The molecule has 0 saturated carbocycles. The van der Waals surface area contributed by atoms with Crippen LogP contribution in [0.5, 0.6) is 0 Å². The number of fused-ring (bicyclic) bond motifs is 1. The minimum absolute atomic E-state index is 0.0322. The smallest absolute Gasteiger partial charge is 0.262 e. The first-order valence-corrected chi connectivity index (χ1v) is 9.55. The van der Waals surface area contributed by atoms with Gasteiger partial charge in [-0.25, -0.2) is 8.42 Å². The topological polar surface area (TPSA) is 104 Å². The third kappa shape index (κ3) is 3.83. The second-order valence-corrected chi connectivity index (χ2v) is 8.11. The molecule has 7 nitrogen and oxygen atoms in total. The number of carbonyl (C=O) groups excluding carboxylic acids is 2. The molecule has 9 heteroatoms. The first kappa shape index (κ1) is 17.4. The molecule has 0 atom stereocenters. The highest BCUT2D eigenvalue weighted by molar-refractivity contribution is 9.10. The lowest BCUT2D eigenvalue weighted by atomic mass is 10.2. The van der Waals surface area contributed by atoms with Crippen molar-refractivity contribution in [2.24, 2.45) is 0 Å². The van der Waals surface area contributed by atoms with Gasteiger partial charge in [0.15, 0.2) is 0 Å². The lowest BCUT2D eigenvalue weighted by Gasteiger charge is -2.13. The van der Waals surface area contributed by atoms with Crippen LogP contribution in [-0.4, -0.2) is 20.2 Å². The third-order valence-corrected chi connectivity index (χ3v) is 5.56. The van der Waals surface area contributed by atoms with Crippen LogP contribution in [0, 0.1) is 6.92 Å². The van der Waals surface area contributed by atoms with Crippen LogP contribution >= 0.6 is 15.9 Å². The monoisotopic (exact) mass is 423 g/mol. The van der Waals surface area contributed by atoms with E-state index in [9.17, 15) is 18.0 Å². The number of aryl methyl sites for hydroxylation is 1. The van der Waals surface area contributed by atoms with E-state index < -0.39 is 21.8 Å². The predicted octanol–water partition coefficient (Wildman–Crippen LogP) is 2.84. The zero-order valence-corrected chi connectivity index (χ0v) is 15.5. The van der Waals surface area contributed by atoms with Crippen molar-refractivity contribution >= 4 is 54.8 Å². The number of nitrogens with one attached hydrogen (secondary N) is 3. The Morgan fingerprint density at radius 1 is 1.00 bits per heavy atom. The van der Waals surface area contributed by atoms with Crippen LogP contribution in [-0.2, 0) is 19.6 Å². The lowest BCUT2D eigenvalue weighted by Crippen LogP contribution is -2.16. The van der Waals surface area contributed by atoms with Gasteiger partial charge in [-0.1, -0.05) is 6.07 Å². The Morgan fingerprint density at radius 3 is 2.36 bits per heavy atom. The summed E-state index contributed by atoms with van der Waals surface area (Å²) in [6.45, 7) is 1.90. The van der Waals surface area contributed by atoms with Gasteiger partial charge < -0.3 is 10.6 Å². The van der Waals surface area contributed by atoms with Gasteiger partial charge in [0.1, 0.15) is 6.42 Å². The summed E-state index contributed by atoms with van der Waals surface area (Å²) in [5.74, 6) is -0.950. The number of amides is 2.